The van der Waals surface area contributed by atoms with Crippen molar-refractivity contribution < 1.29 is 14.4 Å². The zero-order valence-electron chi connectivity index (χ0n) is 19.7. The average molecular weight is 447 g/mol. The smallest absolute Gasteiger partial charge is 0.325 e. The Bertz CT molecular complexity index is 1100. The Morgan fingerprint density at radius 1 is 1.09 bits per heavy atom. The van der Waals surface area contributed by atoms with Gasteiger partial charge in [0.15, 0.2) is 0 Å². The van der Waals surface area contributed by atoms with Gasteiger partial charge in [-0.3, -0.25) is 14.5 Å². The Labute approximate surface area is 194 Å². The lowest BCUT2D eigenvalue weighted by Gasteiger charge is -2.25. The van der Waals surface area contributed by atoms with Gasteiger partial charge in [0.05, 0.1) is 17.7 Å². The summed E-state index contributed by atoms with van der Waals surface area (Å²) in [5.41, 5.74) is 1.72. The Hall–Kier alpha value is -3.66. The van der Waals surface area contributed by atoms with Crippen LogP contribution in [0.4, 0.5) is 4.79 Å². The van der Waals surface area contributed by atoms with Crippen molar-refractivity contribution in [2.75, 3.05) is 6.54 Å². The summed E-state index contributed by atoms with van der Waals surface area (Å²) in [6.45, 7) is 9.46. The number of benzene rings is 2. The largest absolute Gasteiger partial charge is 0.347 e. The van der Waals surface area contributed by atoms with Crippen LogP contribution in [0.2, 0.25) is 0 Å². The minimum Gasteiger partial charge on any atom is -0.347 e. The van der Waals surface area contributed by atoms with Crippen LogP contribution in [0.25, 0.3) is 0 Å². The van der Waals surface area contributed by atoms with E-state index in [-0.39, 0.29) is 18.5 Å². The van der Waals surface area contributed by atoms with E-state index in [2.05, 4.69) is 36.6 Å². The first-order valence-electron chi connectivity index (χ1n) is 11.1. The van der Waals surface area contributed by atoms with Gasteiger partial charge in [-0.05, 0) is 47.6 Å². The minimum absolute atomic E-state index is 0.112. The normalized spacial score (nSPS) is 18.9. The molecule has 0 bridgehead atoms. The van der Waals surface area contributed by atoms with Gasteiger partial charge in [-0.1, -0.05) is 64.1 Å². The molecule has 172 valence electrons. The van der Waals surface area contributed by atoms with Crippen LogP contribution >= 0.6 is 0 Å². The number of urea groups is 1. The summed E-state index contributed by atoms with van der Waals surface area (Å²) in [6, 6.07) is 15.8. The van der Waals surface area contributed by atoms with Gasteiger partial charge in [0.25, 0.3) is 5.91 Å². The average Bonchev–Trinajstić information content (AvgIpc) is 3.01. The molecule has 1 heterocycles. The summed E-state index contributed by atoms with van der Waals surface area (Å²) in [5, 5.41) is 14.8. The van der Waals surface area contributed by atoms with E-state index in [0.717, 1.165) is 10.5 Å². The van der Waals surface area contributed by atoms with Crippen molar-refractivity contribution in [3.05, 3.63) is 70.8 Å². The molecule has 2 N–H and O–H groups in total. The van der Waals surface area contributed by atoms with Crippen LogP contribution in [0.5, 0.6) is 0 Å². The third kappa shape index (κ3) is 4.90. The van der Waals surface area contributed by atoms with Gasteiger partial charge in [0.1, 0.15) is 12.1 Å². The Balaban J connectivity index is 1.75. The maximum absolute atomic E-state index is 13.1. The first-order valence-corrected chi connectivity index (χ1v) is 11.1. The molecular formula is C26H30N4O3. The molecule has 1 fully saturated rings. The number of rotatable bonds is 7. The molecule has 1 aliphatic rings. The lowest BCUT2D eigenvalue weighted by molar-refractivity contribution is -0.135. The number of nitriles is 1. The fourth-order valence-electron chi connectivity index (χ4n) is 4.02. The predicted molar refractivity (Wildman–Crippen MR) is 125 cm³/mol. The SMILES string of the molecule is CC(C)c1ccc(C(NC(=O)CN2C(=O)NC(C)(c3cccc(C#N)c3)C2=O)C(C)C)cc1. The predicted octanol–water partition coefficient (Wildman–Crippen LogP) is 3.96. The highest BCUT2D eigenvalue weighted by molar-refractivity contribution is 6.09. The first-order chi connectivity index (χ1) is 15.6. The van der Waals surface area contributed by atoms with E-state index < -0.39 is 23.4 Å². The monoisotopic (exact) mass is 446 g/mol. The standard InChI is InChI=1S/C26H30N4O3/c1-16(2)19-9-11-20(12-10-19)23(17(3)4)28-22(31)15-30-24(32)26(5,29-25(30)33)21-8-6-7-18(13-21)14-27/h6-13,16-17,23H,15H2,1-5H3,(H,28,31)(H,29,33). The second-order valence-electron chi connectivity index (χ2n) is 9.25. The maximum atomic E-state index is 13.1. The van der Waals surface area contributed by atoms with Gasteiger partial charge >= 0.3 is 6.03 Å². The van der Waals surface area contributed by atoms with Gasteiger partial charge < -0.3 is 10.6 Å². The molecule has 7 heteroatoms. The Morgan fingerprint density at radius 3 is 2.30 bits per heavy atom. The van der Waals surface area contributed by atoms with Crippen molar-refractivity contribution in [1.82, 2.24) is 15.5 Å². The van der Waals surface area contributed by atoms with E-state index in [1.54, 1.807) is 31.2 Å². The molecule has 7 nitrogen and oxygen atoms in total. The first kappa shape index (κ1) is 24.0. The molecule has 0 saturated carbocycles. The number of carbonyl (C=O) groups excluding carboxylic acids is 3. The number of nitrogens with one attached hydrogen (secondary N) is 2. The van der Waals surface area contributed by atoms with E-state index in [9.17, 15) is 14.4 Å². The fraction of sp³-hybridized carbons (Fsp3) is 0.385. The van der Waals surface area contributed by atoms with Crippen LogP contribution in [0.15, 0.2) is 48.5 Å². The lowest BCUT2D eigenvalue weighted by Crippen LogP contribution is -2.44. The number of hydrogen-bond donors (Lipinski definition) is 2. The van der Waals surface area contributed by atoms with Crippen LogP contribution in [-0.4, -0.2) is 29.3 Å². The topological polar surface area (TPSA) is 102 Å². The van der Waals surface area contributed by atoms with Crippen molar-refractivity contribution in [3.63, 3.8) is 0 Å². The molecule has 3 rings (SSSR count). The number of hydrogen-bond acceptors (Lipinski definition) is 4. The van der Waals surface area contributed by atoms with Crippen molar-refractivity contribution in [2.24, 2.45) is 5.92 Å². The second kappa shape index (κ2) is 9.45. The van der Waals surface area contributed by atoms with E-state index in [1.807, 2.05) is 32.0 Å². The highest BCUT2D eigenvalue weighted by Crippen LogP contribution is 2.29. The van der Waals surface area contributed by atoms with E-state index >= 15 is 0 Å². The molecule has 1 aliphatic heterocycles. The fourth-order valence-corrected chi connectivity index (χ4v) is 4.02. The van der Waals surface area contributed by atoms with Crippen LogP contribution < -0.4 is 10.6 Å². The molecule has 0 radical (unpaired) electrons. The number of nitrogens with zero attached hydrogens (tertiary/aromatic N) is 2. The van der Waals surface area contributed by atoms with Crippen LogP contribution in [0.3, 0.4) is 0 Å². The molecule has 2 aromatic carbocycles. The second-order valence-corrected chi connectivity index (χ2v) is 9.25. The molecule has 0 spiro atoms. The van der Waals surface area contributed by atoms with Gasteiger partial charge in [-0.2, -0.15) is 5.26 Å². The molecule has 2 unspecified atom stereocenters. The molecule has 4 amide bonds. The third-order valence-electron chi connectivity index (χ3n) is 6.09. The van der Waals surface area contributed by atoms with Crippen molar-refractivity contribution in [2.45, 2.75) is 52.1 Å². The third-order valence-corrected chi connectivity index (χ3v) is 6.09. The zero-order chi connectivity index (χ0) is 24.3. The maximum Gasteiger partial charge on any atom is 0.325 e. The quantitative estimate of drug-likeness (QED) is 0.629. The van der Waals surface area contributed by atoms with E-state index in [1.165, 1.54) is 5.56 Å². The molecule has 1 saturated heterocycles. The van der Waals surface area contributed by atoms with Crippen LogP contribution in [0, 0.1) is 17.2 Å². The number of imide groups is 1. The van der Waals surface area contributed by atoms with Crippen molar-refractivity contribution in [1.29, 1.82) is 5.26 Å². The highest BCUT2D eigenvalue weighted by atomic mass is 16.2. The minimum atomic E-state index is -1.34. The van der Waals surface area contributed by atoms with Crippen molar-refractivity contribution in [3.8, 4) is 6.07 Å². The van der Waals surface area contributed by atoms with Crippen molar-refractivity contribution >= 4 is 17.8 Å². The van der Waals surface area contributed by atoms with Gasteiger partial charge in [0, 0.05) is 0 Å². The summed E-state index contributed by atoms with van der Waals surface area (Å²) in [6.07, 6.45) is 0. The summed E-state index contributed by atoms with van der Waals surface area (Å²) in [7, 11) is 0. The summed E-state index contributed by atoms with van der Waals surface area (Å²) in [4.78, 5) is 39.5. The molecular weight excluding hydrogens is 416 g/mol. The summed E-state index contributed by atoms with van der Waals surface area (Å²) >= 11 is 0. The Kier molecular flexibility index (Phi) is 6.87. The number of carbonyl (C=O) groups is 3. The van der Waals surface area contributed by atoms with E-state index in [4.69, 9.17) is 5.26 Å². The van der Waals surface area contributed by atoms with E-state index in [0.29, 0.717) is 17.0 Å². The molecule has 0 aliphatic carbocycles. The van der Waals surface area contributed by atoms with Gasteiger partial charge in [0.2, 0.25) is 5.91 Å². The molecule has 0 aromatic heterocycles. The van der Waals surface area contributed by atoms with Crippen LogP contribution in [0.1, 0.15) is 68.8 Å². The highest BCUT2D eigenvalue weighted by Gasteiger charge is 2.49. The van der Waals surface area contributed by atoms with Gasteiger partial charge in [-0.15, -0.1) is 0 Å². The summed E-state index contributed by atoms with van der Waals surface area (Å²) in [5.74, 6) is -0.421. The Morgan fingerprint density at radius 2 is 1.73 bits per heavy atom. The molecule has 33 heavy (non-hydrogen) atoms. The van der Waals surface area contributed by atoms with Gasteiger partial charge in [-0.25, -0.2) is 4.79 Å². The summed E-state index contributed by atoms with van der Waals surface area (Å²) < 4.78 is 0. The zero-order valence-corrected chi connectivity index (χ0v) is 19.7. The molecule has 2 aromatic rings. The number of amides is 4. The molecule has 2 atom stereocenters. The lowest BCUT2D eigenvalue weighted by atomic mass is 9.91. The van der Waals surface area contributed by atoms with Crippen LogP contribution in [-0.2, 0) is 15.1 Å².